The number of fused-ring (bicyclic) bond motifs is 6. The lowest BCUT2D eigenvalue weighted by atomic mass is 9.71. The number of benzene rings is 12. The topological polar surface area (TPSA) is 226 Å². The minimum atomic E-state index is -4.20. The summed E-state index contributed by atoms with van der Waals surface area (Å²) in [7, 11) is 0. The van der Waals surface area contributed by atoms with Gasteiger partial charge in [-0.05, 0) is 193 Å². The number of esters is 3. The van der Waals surface area contributed by atoms with E-state index in [1.807, 2.05) is 264 Å². The molecule has 16 rings (SSSR count). The van der Waals surface area contributed by atoms with Crippen LogP contribution in [0, 0.1) is 32.6 Å². The number of aromatic nitrogens is 1. The number of rotatable bonds is 24. The summed E-state index contributed by atoms with van der Waals surface area (Å²) in [5.74, 6) is -0.557. The van der Waals surface area contributed by atoms with E-state index in [-0.39, 0.29) is 64.7 Å². The number of carbonyl (C=O) groups is 4. The normalized spacial score (nSPS) is 15.3. The Morgan fingerprint density at radius 2 is 0.949 bits per heavy atom. The Kier molecular flexibility index (Phi) is 42.7. The van der Waals surface area contributed by atoms with E-state index in [1.165, 1.54) is 97.8 Å². The van der Waals surface area contributed by atoms with Crippen molar-refractivity contribution in [1.82, 2.24) is 4.98 Å². The van der Waals surface area contributed by atoms with Gasteiger partial charge in [-0.25, -0.2) is 4.79 Å². The minimum absolute atomic E-state index is 0. The van der Waals surface area contributed by atoms with Crippen LogP contribution in [0.15, 0.2) is 350 Å². The molecule has 714 valence electrons. The molecule has 0 amide bonds. The van der Waals surface area contributed by atoms with E-state index in [0.29, 0.717) is 36.6 Å². The number of quaternary nitrogens is 1. The van der Waals surface area contributed by atoms with Gasteiger partial charge in [-0.15, -0.1) is 13.2 Å². The number of para-hydroxylation sites is 1. The van der Waals surface area contributed by atoms with Crippen LogP contribution in [-0.2, 0) is 70.9 Å². The van der Waals surface area contributed by atoms with E-state index in [1.54, 1.807) is 12.1 Å². The third-order valence-electron chi connectivity index (χ3n) is 22.4. The zero-order valence-electron chi connectivity index (χ0n) is 80.0. The fourth-order valence-corrected chi connectivity index (χ4v) is 16.9. The first kappa shape index (κ1) is 110. The minimum Gasteiger partial charge on any atom is -1.00 e. The van der Waals surface area contributed by atoms with Crippen LogP contribution >= 0.6 is 27.7 Å². The zero-order valence-corrected chi connectivity index (χ0v) is 83.9. The molecule has 21 heteroatoms. The Bertz CT molecular complexity index is 5880. The van der Waals surface area contributed by atoms with E-state index in [9.17, 15) is 32.3 Å². The van der Waals surface area contributed by atoms with Crippen molar-refractivity contribution in [2.75, 3.05) is 26.2 Å². The average molecular weight is 1990 g/mol. The summed E-state index contributed by atoms with van der Waals surface area (Å²) in [6, 6.07) is 99.7. The van der Waals surface area contributed by atoms with Gasteiger partial charge >= 0.3 is 29.4 Å². The number of aliphatic carboxylic acids is 1. The van der Waals surface area contributed by atoms with E-state index in [0.717, 1.165) is 85.9 Å². The molecule has 15 nitrogen and oxygen atoms in total. The lowest BCUT2D eigenvalue weighted by Crippen LogP contribution is -3.00. The number of ether oxygens (including phenoxy) is 3. The fourth-order valence-electron chi connectivity index (χ4n) is 16.0. The van der Waals surface area contributed by atoms with Gasteiger partial charge < -0.3 is 57.4 Å². The highest BCUT2D eigenvalue weighted by atomic mass is 79.9. The Morgan fingerprint density at radius 3 is 1.38 bits per heavy atom. The zero-order chi connectivity index (χ0) is 97.9. The molecule has 1 unspecified atom stereocenters. The molecule has 136 heavy (non-hydrogen) atoms. The van der Waals surface area contributed by atoms with Gasteiger partial charge in [-0.2, -0.15) is 13.2 Å². The second-order valence-electron chi connectivity index (χ2n) is 36.8. The van der Waals surface area contributed by atoms with Crippen molar-refractivity contribution in [2.24, 2.45) is 33.3 Å². The molecular weight excluding hydrogens is 1860 g/mol. The van der Waals surface area contributed by atoms with Gasteiger partial charge in [0.25, 0.3) is 0 Å². The quantitative estimate of drug-likeness (QED) is 0.00646. The van der Waals surface area contributed by atoms with Crippen LogP contribution in [0.3, 0.4) is 0 Å². The number of piperidine rings is 3. The molecule has 13 aromatic rings. The lowest BCUT2D eigenvalue weighted by molar-refractivity contribution is -0.980. The molecule has 12 aromatic carbocycles. The predicted molar refractivity (Wildman–Crippen MR) is 551 cm³/mol. The van der Waals surface area contributed by atoms with Crippen LogP contribution in [0.4, 0.5) is 13.2 Å². The smallest absolute Gasteiger partial charge is 0.446 e. The average Bonchev–Trinajstić information content (AvgIpc) is 0.730. The Labute approximate surface area is 824 Å². The standard InChI is InChI=1S/C34H33N2.C27H29NO2.C19H21NO2.C14H21NO2.C10H13NO2.C8H6BrF3S.C3H6O.BrH/c1-2-24-22-36(23-33-30-11-5-3-9-26(30)19-27-10-4-6-12-31(27)33)18-16-25(24)20-29(36)21-28-15-17-35-34-14-8-7-13-32(28)34;1-20-15-17-21(18-16-20)19-24(26(29)30-27(2,3)4)28-25(22-11-7-5-8-12-22)23-13-9-6-10-14-23;1-19(2,3)22-17(21)14-20-18(15-10-6-4-7-11-15)16-12-8-5-9-13-16;1-10-5-7-11(8-6-10)9-12(15)13(16)17-14(2,3)4;1-7-2-4-8(5-3-7)6-9(11)10(12)13;9-5-6-1-3-7(4-2-6)13-8(10,11)12;1-2-3-4;/h2-15,17,19,24-25,29H,1,16,18,20-23H2;5-18,24H,19H2,1-4H3;4-13H,14H2,1-3H3;5-8,12H,9,15H2,1-4H3;2-5,9H,6,11H2,1H3,(H,12,13);1-4H,5H2;2,4H,1,3H2;1H/q+1;;;;;;;/p-1/t24-,25-,29-,36?;24-;;12-;9-;;;/m00.00.../s1. The number of carboxylic acids is 1. The summed E-state index contributed by atoms with van der Waals surface area (Å²) in [6.45, 7) is 33.9. The van der Waals surface area contributed by atoms with Gasteiger partial charge in [-0.1, -0.05) is 318 Å². The van der Waals surface area contributed by atoms with Crippen molar-refractivity contribution < 1.29 is 78.2 Å². The SMILES string of the molecule is C=CCO.C=C[C@H]1C[N+]2(Cc3c4ccccc4cc4ccccc34)CC[C@H]1C[C@H]2Cc1ccnc2ccccc12.CC(C)(C)OC(=O)CN=C(c1ccccc1)c1ccccc1.Cc1ccc(C[C@H](N)C(=O)O)cc1.Cc1ccc(C[C@H](N)C(=O)OC(C)(C)C)cc1.Cc1ccc(C[C@H](N=C(c2ccccc2)c2ccccc2)C(=O)OC(C)(C)C)cc1.FC(F)(F)Sc1ccc(CBr)cc1.[Br-]. The van der Waals surface area contributed by atoms with Crippen molar-refractivity contribution >= 4 is 95.4 Å². The number of aliphatic imine (C=N–C) groups is 2. The first-order chi connectivity index (χ1) is 64.3. The van der Waals surface area contributed by atoms with Gasteiger partial charge in [0, 0.05) is 81.2 Å². The molecule has 4 heterocycles. The third kappa shape index (κ3) is 36.0. The van der Waals surface area contributed by atoms with Crippen LogP contribution < -0.4 is 28.4 Å². The molecule has 6 N–H and O–H groups in total. The number of nitrogens with zero attached hydrogens (tertiary/aromatic N) is 4. The van der Waals surface area contributed by atoms with E-state index < -0.39 is 46.4 Å². The monoisotopic (exact) mass is 1980 g/mol. The molecule has 0 saturated carbocycles. The Balaban J connectivity index is 0.000000207. The molecule has 3 aliphatic rings. The van der Waals surface area contributed by atoms with Crippen LogP contribution in [0.25, 0.3) is 32.4 Å². The Hall–Kier alpha value is -11.8. The number of aliphatic hydroxyl groups is 1. The van der Waals surface area contributed by atoms with E-state index >= 15 is 0 Å². The number of halogens is 5. The highest BCUT2D eigenvalue weighted by molar-refractivity contribution is 9.08. The van der Waals surface area contributed by atoms with Crippen molar-refractivity contribution in [3.8, 4) is 0 Å². The van der Waals surface area contributed by atoms with Gasteiger partial charge in [0.05, 0.1) is 42.7 Å². The highest BCUT2D eigenvalue weighted by Crippen LogP contribution is 2.47. The number of thioether (sulfide) groups is 1. The number of pyridine rings is 1. The van der Waals surface area contributed by atoms with E-state index in [4.69, 9.17) is 40.9 Å². The van der Waals surface area contributed by atoms with E-state index in [2.05, 4.69) is 149 Å². The van der Waals surface area contributed by atoms with Crippen LogP contribution in [0.2, 0.25) is 0 Å². The van der Waals surface area contributed by atoms with Gasteiger partial charge in [0.2, 0.25) is 0 Å². The molecule has 1 aromatic heterocycles. The van der Waals surface area contributed by atoms with Crippen LogP contribution in [0.5, 0.6) is 0 Å². The number of carbonyl (C=O) groups excluding carboxylic acids is 3. The number of aryl methyl sites for hydroxylation is 3. The van der Waals surface area contributed by atoms with Crippen molar-refractivity contribution in [3.05, 3.63) is 407 Å². The molecule has 0 aliphatic carbocycles. The molecule has 2 bridgehead atoms. The molecule has 0 radical (unpaired) electrons. The number of nitrogens with two attached hydrogens (primary N) is 2. The van der Waals surface area contributed by atoms with Crippen molar-refractivity contribution in [2.45, 2.75) is 185 Å². The molecule has 3 fully saturated rings. The molecule has 7 atom stereocenters. The summed E-state index contributed by atoms with van der Waals surface area (Å²) in [5, 5.41) is 23.8. The number of hydrogen-bond acceptors (Lipinski definition) is 14. The molecular formula is C115H129Br2F3N6O9S. The lowest BCUT2D eigenvalue weighted by Gasteiger charge is -2.57. The number of hydrogen-bond donors (Lipinski definition) is 4. The number of alkyl halides is 4. The van der Waals surface area contributed by atoms with Crippen LogP contribution in [-0.4, -0.2) is 128 Å². The summed E-state index contributed by atoms with van der Waals surface area (Å²) in [6.07, 6.45) is 10.8. The first-order valence-corrected chi connectivity index (χ1v) is 47.5. The maximum Gasteiger partial charge on any atom is 0.446 e. The highest BCUT2D eigenvalue weighted by Gasteiger charge is 2.51. The largest absolute Gasteiger partial charge is 1.00 e. The van der Waals surface area contributed by atoms with Crippen LogP contribution in [0.1, 0.15) is 147 Å². The van der Waals surface area contributed by atoms with Gasteiger partial charge in [-0.3, -0.25) is 29.4 Å². The molecule has 3 aliphatic heterocycles. The predicted octanol–water partition coefficient (Wildman–Crippen LogP) is 21.9. The molecule has 3 saturated heterocycles. The first-order valence-electron chi connectivity index (χ1n) is 45.6. The summed E-state index contributed by atoms with van der Waals surface area (Å²) in [5.41, 5.74) is 22.6. The maximum absolute atomic E-state index is 13.1. The summed E-state index contributed by atoms with van der Waals surface area (Å²) < 4.78 is 53.1. The van der Waals surface area contributed by atoms with Crippen molar-refractivity contribution in [1.29, 1.82) is 0 Å². The third-order valence-corrected chi connectivity index (χ3v) is 23.8. The second kappa shape index (κ2) is 53.1. The number of aliphatic hydroxyl groups excluding tert-OH is 1. The Morgan fingerprint density at radius 1 is 0.537 bits per heavy atom. The number of carboxylic acid groups (broad SMARTS) is 1. The van der Waals surface area contributed by atoms with Crippen molar-refractivity contribution in [3.63, 3.8) is 0 Å². The summed E-state index contributed by atoms with van der Waals surface area (Å²) >= 11 is 3.12. The molecule has 0 spiro atoms. The van der Waals surface area contributed by atoms with Gasteiger partial charge in [0.15, 0.2) is 6.04 Å². The fraction of sp³-hybridized carbons (Fsp3) is 0.296. The second-order valence-corrected chi connectivity index (χ2v) is 38.5. The maximum atomic E-state index is 13.1. The summed E-state index contributed by atoms with van der Waals surface area (Å²) in [4.78, 5) is 61.4. The van der Waals surface area contributed by atoms with Gasteiger partial charge in [0.1, 0.15) is 42.0 Å².